The van der Waals surface area contributed by atoms with Gasteiger partial charge in [0.15, 0.2) is 0 Å². The highest BCUT2D eigenvalue weighted by Gasteiger charge is 2.26. The number of para-hydroxylation sites is 1. The lowest BCUT2D eigenvalue weighted by Gasteiger charge is -2.24. The van der Waals surface area contributed by atoms with Gasteiger partial charge in [-0.1, -0.05) is 18.2 Å². The van der Waals surface area contributed by atoms with E-state index >= 15 is 0 Å². The minimum atomic E-state index is 0.0830. The minimum absolute atomic E-state index is 0.0830. The van der Waals surface area contributed by atoms with Gasteiger partial charge < -0.3 is 15.0 Å². The fraction of sp³-hybridized carbons (Fsp3) is 0.533. The molecule has 0 bridgehead atoms. The molecule has 1 aromatic carbocycles. The number of ether oxygens (including phenoxy) is 1. The van der Waals surface area contributed by atoms with Crippen LogP contribution in [0.2, 0.25) is 0 Å². The highest BCUT2D eigenvalue weighted by molar-refractivity contribution is 5.82. The van der Waals surface area contributed by atoms with Crippen LogP contribution in [0.1, 0.15) is 18.9 Å². The van der Waals surface area contributed by atoms with Crippen LogP contribution >= 0.6 is 0 Å². The molecule has 19 heavy (non-hydrogen) atoms. The van der Waals surface area contributed by atoms with E-state index in [0.717, 1.165) is 12.8 Å². The summed E-state index contributed by atoms with van der Waals surface area (Å²) in [6, 6.07) is 8.71. The molecule has 104 valence electrons. The van der Waals surface area contributed by atoms with Crippen molar-refractivity contribution >= 4 is 11.6 Å². The molecule has 1 aliphatic heterocycles. The van der Waals surface area contributed by atoms with Gasteiger partial charge in [0.2, 0.25) is 5.91 Å². The van der Waals surface area contributed by atoms with E-state index in [-0.39, 0.29) is 5.91 Å². The van der Waals surface area contributed by atoms with E-state index in [1.807, 2.05) is 6.07 Å². The summed E-state index contributed by atoms with van der Waals surface area (Å²) in [6.45, 7) is 3.96. The van der Waals surface area contributed by atoms with E-state index < -0.39 is 0 Å². The van der Waals surface area contributed by atoms with Crippen LogP contribution in [0, 0.1) is 0 Å². The first-order valence-electron chi connectivity index (χ1n) is 6.82. The van der Waals surface area contributed by atoms with Crippen molar-refractivity contribution in [1.29, 1.82) is 0 Å². The van der Waals surface area contributed by atoms with Crippen molar-refractivity contribution in [2.45, 2.75) is 25.8 Å². The zero-order valence-corrected chi connectivity index (χ0v) is 11.7. The zero-order valence-electron chi connectivity index (χ0n) is 11.7. The smallest absolute Gasteiger partial charge is 0.239 e. The van der Waals surface area contributed by atoms with E-state index in [4.69, 9.17) is 4.74 Å². The molecule has 1 aromatic rings. The molecule has 1 atom stereocenters. The summed E-state index contributed by atoms with van der Waals surface area (Å²) in [5.41, 5.74) is 2.53. The van der Waals surface area contributed by atoms with Crippen LogP contribution in [0.15, 0.2) is 24.3 Å². The number of hydrogen-bond donors (Lipinski definition) is 1. The molecule has 0 fully saturated rings. The van der Waals surface area contributed by atoms with E-state index in [2.05, 4.69) is 35.3 Å². The number of nitrogens with one attached hydrogen (secondary N) is 1. The molecule has 0 saturated carbocycles. The number of nitrogens with zero attached hydrogens (tertiary/aromatic N) is 1. The van der Waals surface area contributed by atoms with Crippen molar-refractivity contribution in [3.8, 4) is 0 Å². The Morgan fingerprint density at radius 3 is 3.05 bits per heavy atom. The highest BCUT2D eigenvalue weighted by atomic mass is 16.5. The Kier molecular flexibility index (Phi) is 4.80. The summed E-state index contributed by atoms with van der Waals surface area (Å²) in [6.07, 6.45) is 1.88. The molecular weight excluding hydrogens is 240 g/mol. The third-order valence-corrected chi connectivity index (χ3v) is 3.51. The van der Waals surface area contributed by atoms with E-state index in [1.54, 1.807) is 7.11 Å². The Morgan fingerprint density at radius 1 is 1.47 bits per heavy atom. The first-order chi connectivity index (χ1) is 9.22. The molecular formula is C15H22N2O2. The van der Waals surface area contributed by atoms with E-state index in [1.165, 1.54) is 11.3 Å². The molecule has 1 heterocycles. The summed E-state index contributed by atoms with van der Waals surface area (Å²) in [4.78, 5) is 14.1. The van der Waals surface area contributed by atoms with Crippen molar-refractivity contribution in [2.24, 2.45) is 0 Å². The predicted octanol–water partition coefficient (Wildman–Crippen LogP) is 1.59. The molecule has 1 N–H and O–H groups in total. The fourth-order valence-electron chi connectivity index (χ4n) is 2.53. The Hall–Kier alpha value is -1.55. The summed E-state index contributed by atoms with van der Waals surface area (Å²) in [5, 5.41) is 2.94. The number of benzene rings is 1. The normalized spacial score (nSPS) is 17.4. The zero-order chi connectivity index (χ0) is 13.7. The van der Waals surface area contributed by atoms with Crippen molar-refractivity contribution in [3.05, 3.63) is 29.8 Å². The first kappa shape index (κ1) is 13.9. The van der Waals surface area contributed by atoms with Crippen LogP contribution < -0.4 is 10.2 Å². The molecule has 0 aliphatic carbocycles. The number of carbonyl (C=O) groups excluding carboxylic acids is 1. The second kappa shape index (κ2) is 6.57. The molecule has 0 saturated heterocycles. The lowest BCUT2D eigenvalue weighted by Crippen LogP contribution is -2.40. The molecule has 1 aliphatic rings. The van der Waals surface area contributed by atoms with E-state index in [0.29, 0.717) is 25.7 Å². The van der Waals surface area contributed by atoms with Gasteiger partial charge in [-0.15, -0.1) is 0 Å². The average molecular weight is 262 g/mol. The third-order valence-electron chi connectivity index (χ3n) is 3.51. The second-order valence-electron chi connectivity index (χ2n) is 5.01. The summed E-state index contributed by atoms with van der Waals surface area (Å²) in [7, 11) is 1.67. The lowest BCUT2D eigenvalue weighted by molar-refractivity contribution is -0.119. The SMILES string of the molecule is COCCCNC(=O)CN1c2ccccc2CC1C. The molecule has 2 rings (SSSR count). The molecule has 0 radical (unpaired) electrons. The quantitative estimate of drug-likeness (QED) is 0.792. The minimum Gasteiger partial charge on any atom is -0.385 e. The highest BCUT2D eigenvalue weighted by Crippen LogP contribution is 2.31. The van der Waals surface area contributed by atoms with Crippen LogP contribution in [-0.2, 0) is 16.0 Å². The van der Waals surface area contributed by atoms with Crippen LogP contribution in [0.25, 0.3) is 0 Å². The van der Waals surface area contributed by atoms with Crippen LogP contribution in [-0.4, -0.2) is 38.8 Å². The van der Waals surface area contributed by atoms with Gasteiger partial charge in [-0.05, 0) is 31.4 Å². The maximum absolute atomic E-state index is 11.9. The Balaban J connectivity index is 1.87. The predicted molar refractivity (Wildman–Crippen MR) is 76.5 cm³/mol. The van der Waals surface area contributed by atoms with Gasteiger partial charge >= 0.3 is 0 Å². The monoisotopic (exact) mass is 262 g/mol. The van der Waals surface area contributed by atoms with Crippen molar-refractivity contribution in [3.63, 3.8) is 0 Å². The van der Waals surface area contributed by atoms with Gasteiger partial charge in [0, 0.05) is 32.0 Å². The number of hydrogen-bond acceptors (Lipinski definition) is 3. The molecule has 0 spiro atoms. The fourth-order valence-corrected chi connectivity index (χ4v) is 2.53. The number of rotatable bonds is 6. The number of fused-ring (bicyclic) bond motifs is 1. The largest absolute Gasteiger partial charge is 0.385 e. The van der Waals surface area contributed by atoms with Crippen LogP contribution in [0.3, 0.4) is 0 Å². The third kappa shape index (κ3) is 3.47. The first-order valence-corrected chi connectivity index (χ1v) is 6.82. The topological polar surface area (TPSA) is 41.6 Å². The number of amides is 1. The Labute approximate surface area is 114 Å². The summed E-state index contributed by atoms with van der Waals surface area (Å²) in [5.74, 6) is 0.0830. The van der Waals surface area contributed by atoms with Gasteiger partial charge in [-0.3, -0.25) is 4.79 Å². The van der Waals surface area contributed by atoms with Crippen LogP contribution in [0.5, 0.6) is 0 Å². The second-order valence-corrected chi connectivity index (χ2v) is 5.01. The van der Waals surface area contributed by atoms with Gasteiger partial charge in [0.05, 0.1) is 6.54 Å². The van der Waals surface area contributed by atoms with Gasteiger partial charge in [-0.2, -0.15) is 0 Å². The van der Waals surface area contributed by atoms with Crippen molar-refractivity contribution in [1.82, 2.24) is 5.32 Å². The molecule has 1 unspecified atom stereocenters. The van der Waals surface area contributed by atoms with Crippen LogP contribution in [0.4, 0.5) is 5.69 Å². The van der Waals surface area contributed by atoms with Gasteiger partial charge in [0.25, 0.3) is 0 Å². The lowest BCUT2D eigenvalue weighted by atomic mass is 10.1. The summed E-state index contributed by atoms with van der Waals surface area (Å²) < 4.78 is 4.96. The molecule has 4 heteroatoms. The average Bonchev–Trinajstić information content (AvgIpc) is 2.72. The number of carbonyl (C=O) groups is 1. The molecule has 0 aromatic heterocycles. The number of anilines is 1. The Morgan fingerprint density at radius 2 is 2.26 bits per heavy atom. The van der Waals surface area contributed by atoms with Gasteiger partial charge in [-0.25, -0.2) is 0 Å². The standard InChI is InChI=1S/C15H22N2O2/c1-12-10-13-6-3-4-7-14(13)17(12)11-15(18)16-8-5-9-19-2/h3-4,6-7,12H,5,8-11H2,1-2H3,(H,16,18). The number of methoxy groups -OCH3 is 1. The van der Waals surface area contributed by atoms with Crippen molar-refractivity contribution in [2.75, 3.05) is 31.7 Å². The molecule has 4 nitrogen and oxygen atoms in total. The van der Waals surface area contributed by atoms with Gasteiger partial charge in [0.1, 0.15) is 0 Å². The maximum Gasteiger partial charge on any atom is 0.239 e. The van der Waals surface area contributed by atoms with Crippen molar-refractivity contribution < 1.29 is 9.53 Å². The molecule has 1 amide bonds. The Bertz CT molecular complexity index is 434. The summed E-state index contributed by atoms with van der Waals surface area (Å²) >= 11 is 0. The maximum atomic E-state index is 11.9. The van der Waals surface area contributed by atoms with E-state index in [9.17, 15) is 4.79 Å².